The largest absolute Gasteiger partial charge is 0.322 e. The lowest BCUT2D eigenvalue weighted by Crippen LogP contribution is -2.18. The molecule has 3 rings (SSSR count). The molecular formula is C15H18Cl2N2S. The standard InChI is InChI=1S/C15H18Cl2N2S/c1-9(16)15-18-11-7-6-10(17)8-13(11)19(15)12-4-3-5-14(12)20-2/h6-9,12,14H,3-5H2,1-2H3. The Labute approximate surface area is 133 Å². The first-order valence-electron chi connectivity index (χ1n) is 6.96. The van der Waals surface area contributed by atoms with E-state index in [4.69, 9.17) is 28.2 Å². The summed E-state index contributed by atoms with van der Waals surface area (Å²) in [6.45, 7) is 1.99. The Morgan fingerprint density at radius 2 is 2.20 bits per heavy atom. The van der Waals surface area contributed by atoms with Crippen LogP contribution >= 0.6 is 35.0 Å². The Balaban J connectivity index is 2.20. The van der Waals surface area contributed by atoms with Gasteiger partial charge in [0.15, 0.2) is 0 Å². The van der Waals surface area contributed by atoms with E-state index in [1.54, 1.807) is 0 Å². The van der Waals surface area contributed by atoms with E-state index in [1.807, 2.05) is 36.9 Å². The van der Waals surface area contributed by atoms with Crippen LogP contribution in [0.1, 0.15) is 43.4 Å². The molecule has 0 bridgehead atoms. The van der Waals surface area contributed by atoms with Gasteiger partial charge in [-0.25, -0.2) is 4.98 Å². The van der Waals surface area contributed by atoms with E-state index in [-0.39, 0.29) is 5.38 Å². The number of imidazole rings is 1. The Morgan fingerprint density at radius 3 is 2.90 bits per heavy atom. The van der Waals surface area contributed by atoms with Crippen molar-refractivity contribution < 1.29 is 0 Å². The molecule has 0 aliphatic heterocycles. The lowest BCUT2D eigenvalue weighted by molar-refractivity contribution is 0.520. The summed E-state index contributed by atoms with van der Waals surface area (Å²) in [4.78, 5) is 4.73. The minimum absolute atomic E-state index is 0.0933. The quantitative estimate of drug-likeness (QED) is 0.697. The Hall–Kier alpha value is -0.380. The zero-order valence-corrected chi connectivity index (χ0v) is 14.0. The van der Waals surface area contributed by atoms with E-state index in [0.717, 1.165) is 21.9 Å². The molecule has 1 fully saturated rings. The number of fused-ring (bicyclic) bond motifs is 1. The van der Waals surface area contributed by atoms with E-state index >= 15 is 0 Å². The van der Waals surface area contributed by atoms with Crippen LogP contribution in [0.15, 0.2) is 18.2 Å². The van der Waals surface area contributed by atoms with Gasteiger partial charge in [-0.1, -0.05) is 18.0 Å². The highest BCUT2D eigenvalue weighted by Crippen LogP contribution is 2.41. The van der Waals surface area contributed by atoms with E-state index in [9.17, 15) is 0 Å². The summed E-state index contributed by atoms with van der Waals surface area (Å²) in [6, 6.07) is 6.37. The van der Waals surface area contributed by atoms with Crippen molar-refractivity contribution in [3.8, 4) is 0 Å². The Kier molecular flexibility index (Phi) is 4.21. The number of alkyl halides is 1. The normalized spacial score (nSPS) is 24.4. The van der Waals surface area contributed by atoms with Gasteiger partial charge in [0.2, 0.25) is 0 Å². The molecule has 0 amide bonds. The molecule has 1 aromatic carbocycles. The van der Waals surface area contributed by atoms with E-state index < -0.39 is 0 Å². The second-order valence-corrected chi connectivity index (χ2v) is 7.53. The molecule has 0 N–H and O–H groups in total. The van der Waals surface area contributed by atoms with Crippen LogP contribution in [0.5, 0.6) is 0 Å². The van der Waals surface area contributed by atoms with Gasteiger partial charge < -0.3 is 4.57 Å². The molecule has 3 unspecified atom stereocenters. The average molecular weight is 329 g/mol. The first-order valence-corrected chi connectivity index (χ1v) is 9.06. The SMILES string of the molecule is CSC1CCCC1n1c(C(C)Cl)nc2ccc(Cl)cc21. The van der Waals surface area contributed by atoms with Gasteiger partial charge in [-0.15, -0.1) is 11.6 Å². The summed E-state index contributed by atoms with van der Waals surface area (Å²) in [5.41, 5.74) is 2.11. The fraction of sp³-hybridized carbons (Fsp3) is 0.533. The zero-order valence-electron chi connectivity index (χ0n) is 11.6. The van der Waals surface area contributed by atoms with Crippen molar-refractivity contribution >= 4 is 46.0 Å². The van der Waals surface area contributed by atoms with E-state index in [2.05, 4.69) is 10.8 Å². The summed E-state index contributed by atoms with van der Waals surface area (Å²) in [5, 5.41) is 1.30. The minimum Gasteiger partial charge on any atom is -0.322 e. The fourth-order valence-electron chi connectivity index (χ4n) is 3.19. The van der Waals surface area contributed by atoms with Crippen molar-refractivity contribution in [1.82, 2.24) is 9.55 Å². The summed E-state index contributed by atoms with van der Waals surface area (Å²) < 4.78 is 2.34. The van der Waals surface area contributed by atoms with Gasteiger partial charge in [0, 0.05) is 16.3 Å². The van der Waals surface area contributed by atoms with E-state index in [0.29, 0.717) is 11.3 Å². The highest BCUT2D eigenvalue weighted by Gasteiger charge is 2.31. The first kappa shape index (κ1) is 14.6. The smallest absolute Gasteiger partial charge is 0.128 e. The van der Waals surface area contributed by atoms with Gasteiger partial charge in [0.05, 0.1) is 16.4 Å². The van der Waals surface area contributed by atoms with Gasteiger partial charge in [-0.05, 0) is 44.2 Å². The number of aromatic nitrogens is 2. The van der Waals surface area contributed by atoms with Crippen LogP contribution in [0.3, 0.4) is 0 Å². The second kappa shape index (κ2) is 5.78. The number of benzene rings is 1. The van der Waals surface area contributed by atoms with Crippen molar-refractivity contribution in [2.24, 2.45) is 0 Å². The van der Waals surface area contributed by atoms with Crippen LogP contribution in [0.2, 0.25) is 5.02 Å². The monoisotopic (exact) mass is 328 g/mol. The highest BCUT2D eigenvalue weighted by molar-refractivity contribution is 7.99. The molecule has 108 valence electrons. The maximum atomic E-state index is 6.37. The lowest BCUT2D eigenvalue weighted by Gasteiger charge is -2.23. The second-order valence-electron chi connectivity index (χ2n) is 5.36. The summed E-state index contributed by atoms with van der Waals surface area (Å²) >= 11 is 14.5. The summed E-state index contributed by atoms with van der Waals surface area (Å²) in [7, 11) is 0. The third kappa shape index (κ3) is 2.44. The van der Waals surface area contributed by atoms with Gasteiger partial charge >= 0.3 is 0 Å². The van der Waals surface area contributed by atoms with Gasteiger partial charge in [-0.3, -0.25) is 0 Å². The number of halogens is 2. The number of hydrogen-bond donors (Lipinski definition) is 0. The fourth-order valence-corrected chi connectivity index (χ4v) is 4.49. The molecule has 1 heterocycles. The Bertz CT molecular complexity index is 624. The van der Waals surface area contributed by atoms with Crippen LogP contribution < -0.4 is 0 Å². The van der Waals surface area contributed by atoms with Crippen molar-refractivity contribution in [2.45, 2.75) is 42.9 Å². The molecule has 1 saturated carbocycles. The number of thioether (sulfide) groups is 1. The molecule has 1 aliphatic rings. The number of nitrogens with zero attached hydrogens (tertiary/aromatic N) is 2. The zero-order chi connectivity index (χ0) is 14.3. The number of hydrogen-bond acceptors (Lipinski definition) is 2. The number of rotatable bonds is 3. The third-order valence-corrected chi connectivity index (χ3v) is 5.67. The topological polar surface area (TPSA) is 17.8 Å². The van der Waals surface area contributed by atoms with Crippen molar-refractivity contribution in [1.29, 1.82) is 0 Å². The molecule has 0 radical (unpaired) electrons. The van der Waals surface area contributed by atoms with Crippen LogP contribution in [-0.2, 0) is 0 Å². The molecule has 2 aromatic rings. The molecule has 0 spiro atoms. The average Bonchev–Trinajstić information content (AvgIpc) is 3.00. The summed E-state index contributed by atoms with van der Waals surface area (Å²) in [6.07, 6.45) is 5.92. The molecular weight excluding hydrogens is 311 g/mol. The van der Waals surface area contributed by atoms with Gasteiger partial charge in [0.1, 0.15) is 5.82 Å². The molecule has 0 saturated heterocycles. The van der Waals surface area contributed by atoms with Gasteiger partial charge in [0.25, 0.3) is 0 Å². The van der Waals surface area contributed by atoms with Crippen LogP contribution in [-0.4, -0.2) is 21.1 Å². The predicted octanol–water partition coefficient (Wildman–Crippen LogP) is 5.45. The van der Waals surface area contributed by atoms with Crippen molar-refractivity contribution in [2.75, 3.05) is 6.26 Å². The highest BCUT2D eigenvalue weighted by atomic mass is 35.5. The summed E-state index contributed by atoms with van der Waals surface area (Å²) in [5.74, 6) is 0.967. The van der Waals surface area contributed by atoms with Crippen molar-refractivity contribution in [3.63, 3.8) is 0 Å². The third-order valence-electron chi connectivity index (χ3n) is 4.09. The molecule has 20 heavy (non-hydrogen) atoms. The lowest BCUT2D eigenvalue weighted by atomic mass is 10.2. The molecule has 2 nitrogen and oxygen atoms in total. The van der Waals surface area contributed by atoms with E-state index in [1.165, 1.54) is 19.3 Å². The molecule has 5 heteroatoms. The minimum atomic E-state index is -0.0933. The maximum absolute atomic E-state index is 6.37. The van der Waals surface area contributed by atoms with Crippen LogP contribution in [0.4, 0.5) is 0 Å². The maximum Gasteiger partial charge on any atom is 0.128 e. The van der Waals surface area contributed by atoms with Gasteiger partial charge in [-0.2, -0.15) is 11.8 Å². The van der Waals surface area contributed by atoms with Crippen LogP contribution in [0, 0.1) is 0 Å². The first-order chi connectivity index (χ1) is 9.61. The predicted molar refractivity (Wildman–Crippen MR) is 89.2 cm³/mol. The molecule has 3 atom stereocenters. The Morgan fingerprint density at radius 1 is 1.40 bits per heavy atom. The van der Waals surface area contributed by atoms with Crippen molar-refractivity contribution in [3.05, 3.63) is 29.0 Å². The van der Waals surface area contributed by atoms with Crippen LogP contribution in [0.25, 0.3) is 11.0 Å². The molecule has 1 aliphatic carbocycles. The molecule has 1 aromatic heterocycles.